The van der Waals surface area contributed by atoms with E-state index in [-0.39, 0.29) is 30.0 Å². The lowest BCUT2D eigenvalue weighted by Gasteiger charge is -2.27. The summed E-state index contributed by atoms with van der Waals surface area (Å²) in [5, 5.41) is 3.06. The summed E-state index contributed by atoms with van der Waals surface area (Å²) in [5.41, 5.74) is 0. The van der Waals surface area contributed by atoms with Gasteiger partial charge >= 0.3 is 0 Å². The molecule has 0 radical (unpaired) electrons. The third kappa shape index (κ3) is 5.46. The molecule has 1 fully saturated rings. The van der Waals surface area contributed by atoms with Gasteiger partial charge in [-0.1, -0.05) is 0 Å². The molecule has 7 heteroatoms. The fourth-order valence-electron chi connectivity index (χ4n) is 2.30. The zero-order chi connectivity index (χ0) is 14.3. The molecule has 1 unspecified atom stereocenters. The van der Waals surface area contributed by atoms with Gasteiger partial charge in [-0.25, -0.2) is 8.42 Å². The smallest absolute Gasteiger partial charge is 0.236 e. The van der Waals surface area contributed by atoms with Gasteiger partial charge in [-0.05, 0) is 26.3 Å². The van der Waals surface area contributed by atoms with Crippen LogP contribution in [0.4, 0.5) is 0 Å². The minimum absolute atomic E-state index is 0.0259. The van der Waals surface area contributed by atoms with Crippen LogP contribution in [0.3, 0.4) is 0 Å². The summed E-state index contributed by atoms with van der Waals surface area (Å²) in [5.74, 6) is 0.279. The van der Waals surface area contributed by atoms with Crippen LogP contribution in [0.1, 0.15) is 19.8 Å². The Morgan fingerprint density at radius 1 is 1.47 bits per heavy atom. The van der Waals surface area contributed by atoms with Gasteiger partial charge in [0.1, 0.15) is 0 Å². The average molecular weight is 292 g/mol. The number of hydrogen-bond acceptors (Lipinski definition) is 5. The number of carbonyl (C=O) groups is 1. The van der Waals surface area contributed by atoms with Crippen LogP contribution in [0.2, 0.25) is 0 Å². The maximum atomic E-state index is 12.0. The van der Waals surface area contributed by atoms with Crippen molar-refractivity contribution in [3.63, 3.8) is 0 Å². The van der Waals surface area contributed by atoms with Gasteiger partial charge in [-0.3, -0.25) is 4.79 Å². The Morgan fingerprint density at radius 3 is 2.74 bits per heavy atom. The number of hydrogen-bond donors (Lipinski definition) is 1. The number of ether oxygens (including phenoxy) is 1. The molecule has 6 nitrogen and oxygen atoms in total. The van der Waals surface area contributed by atoms with Crippen molar-refractivity contribution in [3.8, 4) is 0 Å². The lowest BCUT2D eigenvalue weighted by molar-refractivity contribution is -0.131. The second-order valence-electron chi connectivity index (χ2n) is 4.76. The normalized spacial score (nSPS) is 21.5. The van der Waals surface area contributed by atoms with Crippen molar-refractivity contribution in [2.75, 3.05) is 44.9 Å². The van der Waals surface area contributed by atoms with Crippen LogP contribution in [0.25, 0.3) is 0 Å². The lowest BCUT2D eigenvalue weighted by atomic mass is 10.2. The molecular weight excluding hydrogens is 268 g/mol. The fraction of sp³-hybridized carbons (Fsp3) is 0.917. The molecule has 0 aromatic carbocycles. The highest BCUT2D eigenvalue weighted by Crippen LogP contribution is 2.17. The number of sulfone groups is 1. The number of methoxy groups -OCH3 is 1. The zero-order valence-corrected chi connectivity index (χ0v) is 12.5. The minimum atomic E-state index is -2.95. The molecular formula is C12H24N2O4S. The van der Waals surface area contributed by atoms with Gasteiger partial charge < -0.3 is 15.0 Å². The molecule has 0 saturated carbocycles. The number of rotatable bonds is 8. The Labute approximate surface area is 115 Å². The largest absolute Gasteiger partial charge is 0.385 e. The molecule has 1 rings (SSSR count). The quantitative estimate of drug-likeness (QED) is 0.619. The first kappa shape index (κ1) is 16.4. The number of carbonyl (C=O) groups excluding carboxylic acids is 1. The van der Waals surface area contributed by atoms with Crippen LogP contribution in [-0.4, -0.2) is 70.1 Å². The van der Waals surface area contributed by atoms with Crippen LogP contribution < -0.4 is 5.32 Å². The first-order valence-electron chi connectivity index (χ1n) is 6.69. The zero-order valence-electron chi connectivity index (χ0n) is 11.7. The first-order valence-corrected chi connectivity index (χ1v) is 8.52. The second kappa shape index (κ2) is 7.81. The lowest BCUT2D eigenvalue weighted by Crippen LogP contribution is -2.45. The maximum absolute atomic E-state index is 12.0. The average Bonchev–Trinajstić information content (AvgIpc) is 2.70. The van der Waals surface area contributed by atoms with E-state index in [0.29, 0.717) is 19.6 Å². The summed E-state index contributed by atoms with van der Waals surface area (Å²) in [6.07, 6.45) is 1.42. The van der Waals surface area contributed by atoms with Crippen LogP contribution >= 0.6 is 0 Å². The molecule has 1 saturated heterocycles. The molecule has 0 aromatic heterocycles. The molecule has 1 heterocycles. The Morgan fingerprint density at radius 2 is 2.21 bits per heavy atom. The van der Waals surface area contributed by atoms with Gasteiger partial charge in [0.15, 0.2) is 9.84 Å². The summed E-state index contributed by atoms with van der Waals surface area (Å²) >= 11 is 0. The van der Waals surface area contributed by atoms with E-state index in [0.717, 1.165) is 13.0 Å². The molecule has 1 aliphatic rings. The van der Waals surface area contributed by atoms with Crippen LogP contribution in [-0.2, 0) is 19.4 Å². The van der Waals surface area contributed by atoms with E-state index < -0.39 is 9.84 Å². The maximum Gasteiger partial charge on any atom is 0.236 e. The van der Waals surface area contributed by atoms with Crippen LogP contribution in [0, 0.1) is 0 Å². The fourth-order valence-corrected chi connectivity index (χ4v) is 4.03. The molecule has 0 spiro atoms. The summed E-state index contributed by atoms with van der Waals surface area (Å²) in [6.45, 7) is 4.08. The standard InChI is InChI=1S/C12H24N2O4S/c1-3-14(11-5-8-19(16,17)10-11)12(15)9-13-6-4-7-18-2/h11,13H,3-10H2,1-2H3. The number of nitrogens with zero attached hydrogens (tertiary/aromatic N) is 1. The van der Waals surface area contributed by atoms with Gasteiger partial charge in [0.25, 0.3) is 0 Å². The third-order valence-electron chi connectivity index (χ3n) is 3.29. The van der Waals surface area contributed by atoms with Gasteiger partial charge in [0, 0.05) is 26.3 Å². The SMILES string of the molecule is CCN(C(=O)CNCCCOC)C1CCS(=O)(=O)C1. The summed E-state index contributed by atoms with van der Waals surface area (Å²) < 4.78 is 27.8. The van der Waals surface area contributed by atoms with Crippen molar-refractivity contribution < 1.29 is 17.9 Å². The van der Waals surface area contributed by atoms with Crippen molar-refractivity contribution in [3.05, 3.63) is 0 Å². The third-order valence-corrected chi connectivity index (χ3v) is 5.04. The van der Waals surface area contributed by atoms with Gasteiger partial charge in [-0.15, -0.1) is 0 Å². The Kier molecular flexibility index (Phi) is 6.74. The molecule has 1 aliphatic heterocycles. The molecule has 1 amide bonds. The summed E-state index contributed by atoms with van der Waals surface area (Å²) in [4.78, 5) is 13.7. The predicted molar refractivity (Wildman–Crippen MR) is 73.8 cm³/mol. The van der Waals surface area contributed by atoms with Gasteiger partial charge in [0.2, 0.25) is 5.91 Å². The van der Waals surface area contributed by atoms with E-state index >= 15 is 0 Å². The van der Waals surface area contributed by atoms with Crippen molar-refractivity contribution in [1.82, 2.24) is 10.2 Å². The van der Waals surface area contributed by atoms with Gasteiger partial charge in [0.05, 0.1) is 18.1 Å². The summed E-state index contributed by atoms with van der Waals surface area (Å²) in [7, 11) is -1.30. The van der Waals surface area contributed by atoms with E-state index in [9.17, 15) is 13.2 Å². The van der Waals surface area contributed by atoms with Crippen LogP contribution in [0.5, 0.6) is 0 Å². The van der Waals surface area contributed by atoms with Crippen molar-refractivity contribution in [1.29, 1.82) is 0 Å². The molecule has 19 heavy (non-hydrogen) atoms. The Hall–Kier alpha value is -0.660. The minimum Gasteiger partial charge on any atom is -0.385 e. The van der Waals surface area contributed by atoms with E-state index in [4.69, 9.17) is 4.74 Å². The number of amides is 1. The van der Waals surface area contributed by atoms with E-state index in [2.05, 4.69) is 5.32 Å². The Balaban J connectivity index is 2.36. The van der Waals surface area contributed by atoms with Crippen molar-refractivity contribution in [2.24, 2.45) is 0 Å². The van der Waals surface area contributed by atoms with E-state index in [1.165, 1.54) is 0 Å². The number of likely N-dealkylation sites (N-methyl/N-ethyl adjacent to an activating group) is 1. The second-order valence-corrected chi connectivity index (χ2v) is 6.99. The van der Waals surface area contributed by atoms with Gasteiger partial charge in [-0.2, -0.15) is 0 Å². The molecule has 1 N–H and O–H groups in total. The first-order chi connectivity index (χ1) is 9.00. The molecule has 0 bridgehead atoms. The number of nitrogens with one attached hydrogen (secondary N) is 1. The molecule has 1 atom stereocenters. The highest BCUT2D eigenvalue weighted by molar-refractivity contribution is 7.91. The molecule has 0 aliphatic carbocycles. The topological polar surface area (TPSA) is 75.7 Å². The van der Waals surface area contributed by atoms with E-state index in [1.54, 1.807) is 12.0 Å². The highest BCUT2D eigenvalue weighted by Gasteiger charge is 2.33. The Bertz CT molecular complexity index is 383. The highest BCUT2D eigenvalue weighted by atomic mass is 32.2. The monoisotopic (exact) mass is 292 g/mol. The van der Waals surface area contributed by atoms with Crippen LogP contribution in [0.15, 0.2) is 0 Å². The molecule has 112 valence electrons. The van der Waals surface area contributed by atoms with Crippen molar-refractivity contribution in [2.45, 2.75) is 25.8 Å². The van der Waals surface area contributed by atoms with Crippen molar-refractivity contribution >= 4 is 15.7 Å². The van der Waals surface area contributed by atoms with E-state index in [1.807, 2.05) is 6.92 Å². The summed E-state index contributed by atoms with van der Waals surface area (Å²) in [6, 6.07) is -0.150. The molecule has 0 aromatic rings. The predicted octanol–water partition coefficient (Wildman–Crippen LogP) is -0.352.